The van der Waals surface area contributed by atoms with Crippen molar-refractivity contribution in [1.82, 2.24) is 20.4 Å². The van der Waals surface area contributed by atoms with E-state index in [1.807, 2.05) is 29.2 Å². The molecule has 28 heavy (non-hydrogen) atoms. The number of carbonyl (C=O) groups excluding carboxylic acids is 2. The standard InChI is InChI=1S/C22H28N4O2/c27-21(23-13-10-16-6-2-1-3-7-16)17-11-14-26(15-12-17)22(28)20-18-8-4-5-9-19(18)24-25-20/h4-6,8-9,17H,1-3,7,10-15H2,(H,23,27)(H,24,25). The summed E-state index contributed by atoms with van der Waals surface area (Å²) in [5, 5.41) is 11.1. The lowest BCUT2D eigenvalue weighted by Crippen LogP contribution is -2.43. The van der Waals surface area contributed by atoms with Crippen LogP contribution in [0.5, 0.6) is 0 Å². The van der Waals surface area contributed by atoms with Crippen LogP contribution in [0.25, 0.3) is 10.9 Å². The normalized spacial score (nSPS) is 18.1. The third-order valence-corrected chi connectivity index (χ3v) is 5.96. The molecular weight excluding hydrogens is 352 g/mol. The maximum atomic E-state index is 12.8. The van der Waals surface area contributed by atoms with Gasteiger partial charge in [0.05, 0.1) is 5.52 Å². The Balaban J connectivity index is 1.26. The molecule has 1 aromatic carbocycles. The van der Waals surface area contributed by atoms with Crippen LogP contribution in [0.4, 0.5) is 0 Å². The zero-order chi connectivity index (χ0) is 19.3. The summed E-state index contributed by atoms with van der Waals surface area (Å²) in [4.78, 5) is 27.1. The Morgan fingerprint density at radius 2 is 2.00 bits per heavy atom. The number of para-hydroxylation sites is 1. The molecule has 1 aliphatic heterocycles. The van der Waals surface area contributed by atoms with Crippen LogP contribution in [0.1, 0.15) is 55.4 Å². The lowest BCUT2D eigenvalue weighted by Gasteiger charge is -2.31. The number of piperidine rings is 1. The number of hydrogen-bond donors (Lipinski definition) is 2. The maximum absolute atomic E-state index is 12.8. The molecule has 0 saturated carbocycles. The van der Waals surface area contributed by atoms with E-state index in [-0.39, 0.29) is 17.7 Å². The van der Waals surface area contributed by atoms with Crippen LogP contribution >= 0.6 is 0 Å². The summed E-state index contributed by atoms with van der Waals surface area (Å²) in [7, 11) is 0. The first-order valence-corrected chi connectivity index (χ1v) is 10.4. The molecule has 1 saturated heterocycles. The van der Waals surface area contributed by atoms with E-state index in [2.05, 4.69) is 21.6 Å². The van der Waals surface area contributed by atoms with Gasteiger partial charge in [-0.2, -0.15) is 5.10 Å². The zero-order valence-corrected chi connectivity index (χ0v) is 16.2. The van der Waals surface area contributed by atoms with Gasteiger partial charge in [-0.15, -0.1) is 0 Å². The van der Waals surface area contributed by atoms with Gasteiger partial charge in [0.2, 0.25) is 5.91 Å². The van der Waals surface area contributed by atoms with Gasteiger partial charge in [0.15, 0.2) is 5.69 Å². The number of likely N-dealkylation sites (tertiary alicyclic amines) is 1. The molecule has 2 heterocycles. The van der Waals surface area contributed by atoms with E-state index in [0.717, 1.165) is 23.9 Å². The Bertz CT molecular complexity index is 878. The molecule has 0 unspecified atom stereocenters. The first-order chi connectivity index (χ1) is 13.7. The second-order valence-electron chi connectivity index (χ2n) is 7.83. The van der Waals surface area contributed by atoms with E-state index in [1.165, 1.54) is 31.3 Å². The summed E-state index contributed by atoms with van der Waals surface area (Å²) in [5.41, 5.74) is 2.82. The smallest absolute Gasteiger partial charge is 0.274 e. The van der Waals surface area contributed by atoms with Gasteiger partial charge >= 0.3 is 0 Å². The van der Waals surface area contributed by atoms with Crippen LogP contribution in [0.2, 0.25) is 0 Å². The van der Waals surface area contributed by atoms with E-state index in [1.54, 1.807) is 0 Å². The summed E-state index contributed by atoms with van der Waals surface area (Å²) in [5.74, 6) is 0.0783. The van der Waals surface area contributed by atoms with Crippen molar-refractivity contribution in [3.8, 4) is 0 Å². The van der Waals surface area contributed by atoms with Crippen molar-refractivity contribution < 1.29 is 9.59 Å². The predicted octanol–water partition coefficient (Wildman–Crippen LogP) is 3.42. The molecular formula is C22H28N4O2. The van der Waals surface area contributed by atoms with Crippen LogP contribution in [-0.4, -0.2) is 46.5 Å². The summed E-state index contributed by atoms with van der Waals surface area (Å²) in [6, 6.07) is 7.66. The van der Waals surface area contributed by atoms with Gasteiger partial charge in [-0.3, -0.25) is 14.7 Å². The number of hydrogen-bond acceptors (Lipinski definition) is 3. The fourth-order valence-electron chi connectivity index (χ4n) is 4.24. The van der Waals surface area contributed by atoms with Crippen LogP contribution in [0.3, 0.4) is 0 Å². The van der Waals surface area contributed by atoms with Gasteiger partial charge < -0.3 is 10.2 Å². The minimum Gasteiger partial charge on any atom is -0.356 e. The number of carbonyl (C=O) groups is 2. The SMILES string of the molecule is O=C(NCCC1=CCCCC1)C1CCN(C(=O)c2n[nH]c3ccccc23)CC1. The van der Waals surface area contributed by atoms with Crippen molar-refractivity contribution in [1.29, 1.82) is 0 Å². The van der Waals surface area contributed by atoms with Gasteiger partial charge in [0, 0.05) is 30.9 Å². The van der Waals surface area contributed by atoms with Crippen molar-refractivity contribution in [2.75, 3.05) is 19.6 Å². The highest BCUT2D eigenvalue weighted by Gasteiger charge is 2.29. The van der Waals surface area contributed by atoms with Gasteiger partial charge in [-0.1, -0.05) is 29.8 Å². The Kier molecular flexibility index (Phi) is 5.74. The van der Waals surface area contributed by atoms with E-state index in [0.29, 0.717) is 31.6 Å². The lowest BCUT2D eigenvalue weighted by atomic mass is 9.95. The number of nitrogens with zero attached hydrogens (tertiary/aromatic N) is 2. The highest BCUT2D eigenvalue weighted by molar-refractivity contribution is 6.04. The molecule has 0 atom stereocenters. The third-order valence-electron chi connectivity index (χ3n) is 5.96. The van der Waals surface area contributed by atoms with Crippen molar-refractivity contribution >= 4 is 22.7 Å². The van der Waals surface area contributed by atoms with E-state index >= 15 is 0 Å². The molecule has 2 N–H and O–H groups in total. The van der Waals surface area contributed by atoms with Gasteiger partial charge in [-0.25, -0.2) is 0 Å². The number of rotatable bonds is 5. The van der Waals surface area contributed by atoms with E-state index in [4.69, 9.17) is 0 Å². The first kappa shape index (κ1) is 18.7. The highest BCUT2D eigenvalue weighted by Crippen LogP contribution is 2.23. The molecule has 0 spiro atoms. The average Bonchev–Trinajstić information content (AvgIpc) is 3.18. The molecule has 2 amide bonds. The fourth-order valence-corrected chi connectivity index (χ4v) is 4.24. The number of nitrogens with one attached hydrogen (secondary N) is 2. The zero-order valence-electron chi connectivity index (χ0n) is 16.2. The second-order valence-corrected chi connectivity index (χ2v) is 7.83. The molecule has 1 aromatic heterocycles. The molecule has 0 radical (unpaired) electrons. The topological polar surface area (TPSA) is 78.1 Å². The van der Waals surface area contributed by atoms with Crippen molar-refractivity contribution in [2.24, 2.45) is 5.92 Å². The Labute approximate surface area is 165 Å². The Morgan fingerprint density at radius 3 is 2.79 bits per heavy atom. The van der Waals surface area contributed by atoms with Crippen LogP contribution in [0, 0.1) is 5.92 Å². The second kappa shape index (κ2) is 8.59. The highest BCUT2D eigenvalue weighted by atomic mass is 16.2. The summed E-state index contributed by atoms with van der Waals surface area (Å²) < 4.78 is 0. The minimum absolute atomic E-state index is 0.000290. The number of aromatic amines is 1. The first-order valence-electron chi connectivity index (χ1n) is 10.4. The number of fused-ring (bicyclic) bond motifs is 1. The molecule has 148 valence electrons. The number of allylic oxidation sites excluding steroid dienone is 1. The van der Waals surface area contributed by atoms with E-state index < -0.39 is 0 Å². The lowest BCUT2D eigenvalue weighted by molar-refractivity contribution is -0.126. The monoisotopic (exact) mass is 380 g/mol. The van der Waals surface area contributed by atoms with Crippen molar-refractivity contribution in [3.05, 3.63) is 41.6 Å². The Hall–Kier alpha value is -2.63. The summed E-state index contributed by atoms with van der Waals surface area (Å²) >= 11 is 0. The largest absolute Gasteiger partial charge is 0.356 e. The van der Waals surface area contributed by atoms with Gasteiger partial charge in [-0.05, 0) is 51.0 Å². The van der Waals surface area contributed by atoms with Crippen molar-refractivity contribution in [3.63, 3.8) is 0 Å². The summed E-state index contributed by atoms with van der Waals surface area (Å²) in [6.07, 6.45) is 9.65. The van der Waals surface area contributed by atoms with Crippen LogP contribution < -0.4 is 5.32 Å². The molecule has 4 rings (SSSR count). The molecule has 6 nitrogen and oxygen atoms in total. The Morgan fingerprint density at radius 1 is 1.18 bits per heavy atom. The average molecular weight is 380 g/mol. The van der Waals surface area contributed by atoms with Crippen LogP contribution in [0.15, 0.2) is 35.9 Å². The molecule has 2 aliphatic rings. The maximum Gasteiger partial charge on any atom is 0.274 e. The summed E-state index contributed by atoms with van der Waals surface area (Å²) in [6.45, 7) is 1.93. The molecule has 0 bridgehead atoms. The molecule has 6 heteroatoms. The van der Waals surface area contributed by atoms with Gasteiger partial charge in [0.1, 0.15) is 0 Å². The quantitative estimate of drug-likeness (QED) is 0.780. The minimum atomic E-state index is -0.0551. The number of aromatic nitrogens is 2. The fraction of sp³-hybridized carbons (Fsp3) is 0.500. The molecule has 1 fully saturated rings. The number of benzene rings is 1. The molecule has 2 aromatic rings. The third kappa shape index (κ3) is 4.11. The van der Waals surface area contributed by atoms with E-state index in [9.17, 15) is 9.59 Å². The predicted molar refractivity (Wildman–Crippen MR) is 109 cm³/mol. The van der Waals surface area contributed by atoms with Gasteiger partial charge in [0.25, 0.3) is 5.91 Å². The number of H-pyrrole nitrogens is 1. The van der Waals surface area contributed by atoms with Crippen LogP contribution in [-0.2, 0) is 4.79 Å². The van der Waals surface area contributed by atoms with Crippen molar-refractivity contribution in [2.45, 2.75) is 44.9 Å². The number of amides is 2. The molecule has 1 aliphatic carbocycles.